The van der Waals surface area contributed by atoms with E-state index in [0.717, 1.165) is 37.4 Å². The zero-order chi connectivity index (χ0) is 13.3. The summed E-state index contributed by atoms with van der Waals surface area (Å²) < 4.78 is 7.40. The van der Waals surface area contributed by atoms with E-state index in [-0.39, 0.29) is 5.60 Å². The van der Waals surface area contributed by atoms with Gasteiger partial charge in [-0.05, 0) is 26.7 Å². The number of anilines is 1. The normalized spacial score (nSPS) is 24.1. The summed E-state index contributed by atoms with van der Waals surface area (Å²) in [5, 5.41) is 13.6. The monoisotopic (exact) mass is 248 g/mol. The molecule has 0 N–H and O–H groups in total. The van der Waals surface area contributed by atoms with Crippen LogP contribution >= 0.6 is 0 Å². The average Bonchev–Trinajstić information content (AvgIpc) is 2.63. The maximum Gasteiger partial charge on any atom is 0.145 e. The Morgan fingerprint density at radius 1 is 1.50 bits per heavy atom. The Kier molecular flexibility index (Phi) is 3.31. The summed E-state index contributed by atoms with van der Waals surface area (Å²) in [6.45, 7) is 5.75. The van der Waals surface area contributed by atoms with Crippen LogP contribution in [0.25, 0.3) is 0 Å². The predicted octanol–water partition coefficient (Wildman–Crippen LogP) is 1.61. The summed E-state index contributed by atoms with van der Waals surface area (Å²) in [5.41, 5.74) is 1.33. The van der Waals surface area contributed by atoms with Crippen molar-refractivity contribution in [3.8, 4) is 6.07 Å². The van der Waals surface area contributed by atoms with Crippen molar-refractivity contribution >= 4 is 5.82 Å². The Balaban J connectivity index is 2.35. The minimum absolute atomic E-state index is 0.136. The molecule has 1 saturated heterocycles. The summed E-state index contributed by atoms with van der Waals surface area (Å²) in [7, 11) is 3.64. The lowest BCUT2D eigenvalue weighted by Gasteiger charge is -2.40. The van der Waals surface area contributed by atoms with Gasteiger partial charge < -0.3 is 9.64 Å². The molecular weight excluding hydrogens is 228 g/mol. The fraction of sp³-hybridized carbons (Fsp3) is 0.692. The molecule has 0 amide bonds. The van der Waals surface area contributed by atoms with Gasteiger partial charge in [0.2, 0.25) is 0 Å². The number of hydrogen-bond donors (Lipinski definition) is 0. The lowest BCUT2D eigenvalue weighted by Crippen LogP contribution is -2.48. The highest BCUT2D eigenvalue weighted by atomic mass is 16.5. The molecule has 1 fully saturated rings. The fourth-order valence-corrected chi connectivity index (χ4v) is 2.69. The number of nitriles is 1. The largest absolute Gasteiger partial charge is 0.377 e. The van der Waals surface area contributed by atoms with Gasteiger partial charge in [0, 0.05) is 27.2 Å². The molecule has 18 heavy (non-hydrogen) atoms. The van der Waals surface area contributed by atoms with E-state index in [1.165, 1.54) is 0 Å². The van der Waals surface area contributed by atoms with Crippen LogP contribution in [-0.2, 0) is 11.8 Å². The summed E-state index contributed by atoms with van der Waals surface area (Å²) in [5.74, 6) is 0.915. The number of aryl methyl sites for hydroxylation is 2. The summed E-state index contributed by atoms with van der Waals surface area (Å²) >= 11 is 0. The van der Waals surface area contributed by atoms with E-state index in [2.05, 4.69) is 23.0 Å². The molecular formula is C13H20N4O. The SMILES string of the molecule is COC1(C)CCCN(c2c(C#N)c(C)nn2C)C1. The van der Waals surface area contributed by atoms with E-state index in [0.29, 0.717) is 5.56 Å². The number of rotatable bonds is 2. The third-order valence-electron chi connectivity index (χ3n) is 3.76. The Hall–Kier alpha value is -1.54. The zero-order valence-electron chi connectivity index (χ0n) is 11.5. The van der Waals surface area contributed by atoms with E-state index in [9.17, 15) is 5.26 Å². The van der Waals surface area contributed by atoms with Crippen molar-refractivity contribution in [1.82, 2.24) is 9.78 Å². The third-order valence-corrected chi connectivity index (χ3v) is 3.76. The lowest BCUT2D eigenvalue weighted by molar-refractivity contribution is -0.00494. The topological polar surface area (TPSA) is 54.1 Å². The number of ether oxygens (including phenoxy) is 1. The molecule has 1 aromatic rings. The number of hydrogen-bond acceptors (Lipinski definition) is 4. The summed E-state index contributed by atoms with van der Waals surface area (Å²) in [4.78, 5) is 2.21. The van der Waals surface area contributed by atoms with E-state index in [1.54, 1.807) is 11.8 Å². The second kappa shape index (κ2) is 4.62. The number of nitrogens with zero attached hydrogens (tertiary/aromatic N) is 4. The van der Waals surface area contributed by atoms with Gasteiger partial charge >= 0.3 is 0 Å². The van der Waals surface area contributed by atoms with E-state index in [4.69, 9.17) is 4.74 Å². The third kappa shape index (κ3) is 2.08. The molecule has 0 radical (unpaired) electrons. The molecule has 0 bridgehead atoms. The van der Waals surface area contributed by atoms with E-state index >= 15 is 0 Å². The van der Waals surface area contributed by atoms with Gasteiger partial charge in [-0.1, -0.05) is 0 Å². The molecule has 0 aliphatic carbocycles. The molecule has 1 atom stereocenters. The van der Waals surface area contributed by atoms with Gasteiger partial charge in [0.15, 0.2) is 0 Å². The first-order valence-corrected chi connectivity index (χ1v) is 6.24. The molecule has 0 spiro atoms. The standard InChI is InChI=1S/C13H20N4O/c1-10-11(8-14)12(16(3)15-10)17-7-5-6-13(2,9-17)18-4/h5-7,9H2,1-4H3. The van der Waals surface area contributed by atoms with Crippen LogP contribution < -0.4 is 4.90 Å². The van der Waals surface area contributed by atoms with Crippen LogP contribution in [0.1, 0.15) is 31.0 Å². The maximum absolute atomic E-state index is 9.27. The Bertz CT molecular complexity index is 488. The summed E-state index contributed by atoms with van der Waals surface area (Å²) in [6.07, 6.45) is 2.12. The maximum atomic E-state index is 9.27. The molecule has 1 aliphatic heterocycles. The fourth-order valence-electron chi connectivity index (χ4n) is 2.69. The van der Waals surface area contributed by atoms with Crippen molar-refractivity contribution in [3.63, 3.8) is 0 Å². The number of aromatic nitrogens is 2. The highest BCUT2D eigenvalue weighted by molar-refractivity contribution is 5.57. The molecule has 2 rings (SSSR count). The predicted molar refractivity (Wildman–Crippen MR) is 69.5 cm³/mol. The lowest BCUT2D eigenvalue weighted by atomic mass is 9.94. The second-order valence-corrected chi connectivity index (χ2v) is 5.20. The molecule has 5 heteroatoms. The molecule has 1 unspecified atom stereocenters. The molecule has 0 aromatic carbocycles. The quantitative estimate of drug-likeness (QED) is 0.798. The van der Waals surface area contributed by atoms with Gasteiger partial charge in [-0.3, -0.25) is 4.68 Å². The van der Waals surface area contributed by atoms with Gasteiger partial charge in [0.25, 0.3) is 0 Å². The highest BCUT2D eigenvalue weighted by Gasteiger charge is 2.33. The molecule has 5 nitrogen and oxygen atoms in total. The molecule has 1 aliphatic rings. The van der Waals surface area contributed by atoms with Crippen LogP contribution in [0.5, 0.6) is 0 Å². The van der Waals surface area contributed by atoms with Crippen LogP contribution in [0, 0.1) is 18.3 Å². The van der Waals surface area contributed by atoms with E-state index in [1.807, 2.05) is 14.0 Å². The average molecular weight is 248 g/mol. The van der Waals surface area contributed by atoms with Crippen LogP contribution in [0.2, 0.25) is 0 Å². The number of methoxy groups -OCH3 is 1. The van der Waals surface area contributed by atoms with Gasteiger partial charge in [-0.15, -0.1) is 0 Å². The molecule has 0 saturated carbocycles. The second-order valence-electron chi connectivity index (χ2n) is 5.20. The minimum atomic E-state index is -0.136. The minimum Gasteiger partial charge on any atom is -0.377 e. The van der Waals surface area contributed by atoms with Crippen molar-refractivity contribution in [1.29, 1.82) is 5.26 Å². The van der Waals surface area contributed by atoms with Gasteiger partial charge in [0.05, 0.1) is 11.3 Å². The molecule has 98 valence electrons. The van der Waals surface area contributed by atoms with Crippen LogP contribution in [-0.4, -0.2) is 35.6 Å². The first-order chi connectivity index (χ1) is 8.50. The van der Waals surface area contributed by atoms with Crippen molar-refractivity contribution in [2.45, 2.75) is 32.3 Å². The van der Waals surface area contributed by atoms with Crippen LogP contribution in [0.15, 0.2) is 0 Å². The number of piperidine rings is 1. The Labute approximate surface area is 108 Å². The molecule has 2 heterocycles. The van der Waals surface area contributed by atoms with Crippen molar-refractivity contribution in [2.75, 3.05) is 25.1 Å². The highest BCUT2D eigenvalue weighted by Crippen LogP contribution is 2.30. The Morgan fingerprint density at radius 3 is 2.83 bits per heavy atom. The van der Waals surface area contributed by atoms with Gasteiger partial charge in [-0.2, -0.15) is 10.4 Å². The first kappa shape index (κ1) is 12.9. The molecule has 1 aromatic heterocycles. The van der Waals surface area contributed by atoms with Crippen LogP contribution in [0.4, 0.5) is 5.82 Å². The van der Waals surface area contributed by atoms with Gasteiger partial charge in [-0.25, -0.2) is 0 Å². The first-order valence-electron chi connectivity index (χ1n) is 6.24. The smallest absolute Gasteiger partial charge is 0.145 e. The Morgan fingerprint density at radius 2 is 2.22 bits per heavy atom. The summed E-state index contributed by atoms with van der Waals surface area (Å²) in [6, 6.07) is 2.26. The van der Waals surface area contributed by atoms with Gasteiger partial charge in [0.1, 0.15) is 17.5 Å². The van der Waals surface area contributed by atoms with Crippen molar-refractivity contribution in [2.24, 2.45) is 7.05 Å². The van der Waals surface area contributed by atoms with Crippen molar-refractivity contribution < 1.29 is 4.74 Å². The van der Waals surface area contributed by atoms with Crippen LogP contribution in [0.3, 0.4) is 0 Å². The van der Waals surface area contributed by atoms with Crippen molar-refractivity contribution in [3.05, 3.63) is 11.3 Å². The van der Waals surface area contributed by atoms with E-state index < -0.39 is 0 Å². The zero-order valence-corrected chi connectivity index (χ0v) is 11.5.